The number of hydrogen-bond donors (Lipinski definition) is 4. The molecule has 1 fully saturated rings. The molecule has 11 nitrogen and oxygen atoms in total. The molecule has 2 aromatic heterocycles. The number of benzene rings is 1. The number of ether oxygens (including phenoxy) is 1. The van der Waals surface area contributed by atoms with E-state index in [1.807, 2.05) is 13.8 Å². The second-order valence-corrected chi connectivity index (χ2v) is 13.0. The van der Waals surface area contributed by atoms with Crippen LogP contribution in [0.15, 0.2) is 48.7 Å². The average molecular weight is 690 g/mol. The van der Waals surface area contributed by atoms with Gasteiger partial charge >= 0.3 is 12.2 Å². The van der Waals surface area contributed by atoms with Gasteiger partial charge in [0.2, 0.25) is 5.78 Å². The number of ketones is 1. The smallest absolute Gasteiger partial charge is 0.422 e. The molecule has 48 heavy (non-hydrogen) atoms. The number of alkyl halides is 3. The summed E-state index contributed by atoms with van der Waals surface area (Å²) in [4.78, 5) is 49.8. The van der Waals surface area contributed by atoms with Gasteiger partial charge < -0.3 is 26.0 Å². The third kappa shape index (κ3) is 12.3. The van der Waals surface area contributed by atoms with E-state index < -0.39 is 41.8 Å². The lowest BCUT2D eigenvalue weighted by atomic mass is 9.85. The van der Waals surface area contributed by atoms with Gasteiger partial charge in [0.1, 0.15) is 17.5 Å². The van der Waals surface area contributed by atoms with Crippen LogP contribution in [0.3, 0.4) is 0 Å². The summed E-state index contributed by atoms with van der Waals surface area (Å²) in [5, 5.41) is 12.0. The van der Waals surface area contributed by atoms with Gasteiger partial charge in [-0.15, -0.1) is 0 Å². The topological polar surface area (TPSA) is 147 Å². The minimum absolute atomic E-state index is 0.103. The Morgan fingerprint density at radius 3 is 2.27 bits per heavy atom. The average Bonchev–Trinajstić information content (AvgIpc) is 3.05. The Morgan fingerprint density at radius 2 is 1.60 bits per heavy atom. The van der Waals surface area contributed by atoms with Crippen molar-refractivity contribution >= 4 is 46.7 Å². The number of rotatable bonds is 15. The van der Waals surface area contributed by atoms with Crippen LogP contribution in [0, 0.1) is 11.3 Å². The van der Waals surface area contributed by atoms with E-state index in [0.717, 1.165) is 31.2 Å². The third-order valence-electron chi connectivity index (χ3n) is 7.65. The van der Waals surface area contributed by atoms with Crippen LogP contribution in [0.25, 0.3) is 0 Å². The molecule has 3 aromatic rings. The summed E-state index contributed by atoms with van der Waals surface area (Å²) >= 11 is 5.93. The molecular formula is C33H39ClF3N7O4. The zero-order valence-electron chi connectivity index (χ0n) is 26.8. The predicted octanol–water partition coefficient (Wildman–Crippen LogP) is 6.23. The summed E-state index contributed by atoms with van der Waals surface area (Å²) in [6.45, 7) is 2.87. The number of carbonyl (C=O) groups excluding carboxylic acids is 3. The second kappa shape index (κ2) is 16.6. The summed E-state index contributed by atoms with van der Waals surface area (Å²) in [6.07, 6.45) is 2.35. The normalized spacial score (nSPS) is 13.8. The monoisotopic (exact) mass is 689 g/mol. The minimum atomic E-state index is -4.59. The minimum Gasteiger partial charge on any atom is -0.454 e. The summed E-state index contributed by atoms with van der Waals surface area (Å²) in [5.74, 6) is -0.569. The number of Topliss-reactive ketones (excluding diaryl/α,β-unsaturated/α-hetero) is 1. The van der Waals surface area contributed by atoms with Crippen LogP contribution in [-0.2, 0) is 16.1 Å². The molecule has 1 aliphatic carbocycles. The highest BCUT2D eigenvalue weighted by molar-refractivity contribution is 6.36. The number of carbonyl (C=O) groups is 3. The number of aromatic nitrogens is 3. The van der Waals surface area contributed by atoms with Gasteiger partial charge in [0.05, 0.1) is 5.56 Å². The Hall–Kier alpha value is -4.46. The molecule has 15 heteroatoms. The van der Waals surface area contributed by atoms with Gasteiger partial charge in [-0.3, -0.25) is 14.4 Å². The Kier molecular flexibility index (Phi) is 12.6. The van der Waals surface area contributed by atoms with E-state index in [2.05, 4.69) is 36.2 Å². The molecule has 0 saturated heterocycles. The van der Waals surface area contributed by atoms with E-state index in [9.17, 15) is 27.6 Å². The van der Waals surface area contributed by atoms with Gasteiger partial charge in [0.15, 0.2) is 6.61 Å². The van der Waals surface area contributed by atoms with Crippen LogP contribution in [0.5, 0.6) is 6.01 Å². The molecule has 0 spiro atoms. The fraction of sp³-hybridized carbons (Fsp3) is 0.455. The first-order chi connectivity index (χ1) is 22.7. The molecule has 0 bridgehead atoms. The number of nitrogens with zero attached hydrogens (tertiary/aromatic N) is 3. The molecule has 2 amide bonds. The molecule has 0 unspecified atom stereocenters. The van der Waals surface area contributed by atoms with Crippen molar-refractivity contribution in [1.29, 1.82) is 0 Å². The lowest BCUT2D eigenvalue weighted by molar-refractivity contribution is -0.154. The van der Waals surface area contributed by atoms with Gasteiger partial charge in [-0.2, -0.15) is 23.1 Å². The quantitative estimate of drug-likeness (QED) is 0.136. The molecule has 4 rings (SSSR count). The molecule has 1 saturated carbocycles. The van der Waals surface area contributed by atoms with E-state index >= 15 is 0 Å². The van der Waals surface area contributed by atoms with Gasteiger partial charge in [0.25, 0.3) is 11.8 Å². The summed E-state index contributed by atoms with van der Waals surface area (Å²) in [7, 11) is 0. The van der Waals surface area contributed by atoms with Gasteiger partial charge in [-0.05, 0) is 41.2 Å². The predicted molar refractivity (Wildman–Crippen MR) is 175 cm³/mol. The lowest BCUT2D eigenvalue weighted by Gasteiger charge is -2.25. The zero-order chi connectivity index (χ0) is 34.7. The highest BCUT2D eigenvalue weighted by Gasteiger charge is 2.29. The van der Waals surface area contributed by atoms with Crippen LogP contribution in [-0.4, -0.2) is 58.4 Å². The van der Waals surface area contributed by atoms with Crippen molar-refractivity contribution in [1.82, 2.24) is 25.6 Å². The first kappa shape index (κ1) is 36.4. The van der Waals surface area contributed by atoms with Crippen molar-refractivity contribution in [3.63, 3.8) is 0 Å². The molecule has 0 aliphatic heterocycles. The lowest BCUT2D eigenvalue weighted by Crippen LogP contribution is -2.44. The van der Waals surface area contributed by atoms with Gasteiger partial charge in [-0.25, -0.2) is 4.98 Å². The SMILES string of the molecule is CC(C)(CNC(=O)C(=O)CC1CCCCC1)CNC(=O)c1ccc(Nc2cc(NCc3ccc(Cl)cc3)nc(OCC(F)(F)F)n2)nc1. The summed E-state index contributed by atoms with van der Waals surface area (Å²) < 4.78 is 43.2. The van der Waals surface area contributed by atoms with E-state index in [1.54, 1.807) is 24.3 Å². The Bertz CT molecular complexity index is 1550. The first-order valence-corrected chi connectivity index (χ1v) is 16.0. The summed E-state index contributed by atoms with van der Waals surface area (Å²) in [6, 6.07) is 11.0. The molecule has 0 radical (unpaired) electrons. The number of nitrogens with one attached hydrogen (secondary N) is 4. The maximum Gasteiger partial charge on any atom is 0.422 e. The van der Waals surface area contributed by atoms with Crippen LogP contribution < -0.4 is 26.0 Å². The molecular weight excluding hydrogens is 651 g/mol. The van der Waals surface area contributed by atoms with Crippen molar-refractivity contribution in [3.8, 4) is 6.01 Å². The fourth-order valence-corrected chi connectivity index (χ4v) is 5.09. The van der Waals surface area contributed by atoms with Crippen molar-refractivity contribution in [3.05, 3.63) is 64.8 Å². The Morgan fingerprint density at radius 1 is 0.917 bits per heavy atom. The molecule has 1 aliphatic rings. The second-order valence-electron chi connectivity index (χ2n) is 12.5. The molecule has 4 N–H and O–H groups in total. The van der Waals surface area contributed by atoms with Crippen LogP contribution in [0.2, 0.25) is 5.02 Å². The standard InChI is InChI=1S/C33H39ClF3N7O4/c1-32(2,19-41-30(47)25(45)14-21-6-4-3-5-7-21)18-40-29(46)23-10-13-26(39-17-23)42-28-15-27(38-16-22-8-11-24(34)12-9-22)43-31(44-28)48-20-33(35,36)37/h8-13,15,17,21H,3-7,14,16,18-20H2,1-2H3,(H,40,46)(H,41,47)(H2,38,39,42,43,44). The number of amides is 2. The third-order valence-corrected chi connectivity index (χ3v) is 7.90. The van der Waals surface area contributed by atoms with Gasteiger partial charge in [0, 0.05) is 43.3 Å². The van der Waals surface area contributed by atoms with Gasteiger partial charge in [-0.1, -0.05) is 69.7 Å². The Balaban J connectivity index is 1.31. The largest absolute Gasteiger partial charge is 0.454 e. The number of halogens is 4. The maximum atomic E-state index is 12.8. The maximum absolute atomic E-state index is 12.8. The zero-order valence-corrected chi connectivity index (χ0v) is 27.5. The highest BCUT2D eigenvalue weighted by Crippen LogP contribution is 2.27. The van der Waals surface area contributed by atoms with Crippen molar-refractivity contribution in [2.75, 3.05) is 30.3 Å². The van der Waals surface area contributed by atoms with E-state index in [1.165, 1.54) is 30.8 Å². The number of hydrogen-bond acceptors (Lipinski definition) is 9. The van der Waals surface area contributed by atoms with Crippen molar-refractivity contribution in [2.24, 2.45) is 11.3 Å². The first-order valence-electron chi connectivity index (χ1n) is 15.6. The summed E-state index contributed by atoms with van der Waals surface area (Å²) in [5.41, 5.74) is 0.572. The van der Waals surface area contributed by atoms with Crippen LogP contribution in [0.1, 0.15) is 68.3 Å². The highest BCUT2D eigenvalue weighted by atomic mass is 35.5. The number of pyridine rings is 1. The van der Waals surface area contributed by atoms with E-state index in [0.29, 0.717) is 11.6 Å². The molecule has 1 aromatic carbocycles. The number of anilines is 3. The molecule has 0 atom stereocenters. The molecule has 2 heterocycles. The fourth-order valence-electron chi connectivity index (χ4n) is 4.97. The van der Waals surface area contributed by atoms with Crippen molar-refractivity contribution < 1.29 is 32.3 Å². The van der Waals surface area contributed by atoms with E-state index in [-0.39, 0.29) is 48.4 Å². The van der Waals surface area contributed by atoms with Crippen molar-refractivity contribution in [2.45, 2.75) is 65.1 Å². The Labute approximate surface area is 281 Å². The van der Waals surface area contributed by atoms with E-state index in [4.69, 9.17) is 16.3 Å². The van der Waals surface area contributed by atoms with Crippen LogP contribution >= 0.6 is 11.6 Å². The van der Waals surface area contributed by atoms with Crippen LogP contribution in [0.4, 0.5) is 30.6 Å². The molecule has 258 valence electrons.